The number of nitrogens with one attached hydrogen (secondary N) is 1. The number of rotatable bonds is 5. The Labute approximate surface area is 296 Å². The maximum absolute atomic E-state index is 13.7. The summed E-state index contributed by atoms with van der Waals surface area (Å²) >= 11 is 5.41. The highest BCUT2D eigenvalue weighted by Crippen LogP contribution is 2.57. The summed E-state index contributed by atoms with van der Waals surface area (Å²) in [4.78, 5) is 58.4. The second kappa shape index (κ2) is 15.1. The number of aromatic nitrogens is 1. The highest BCUT2D eigenvalue weighted by molar-refractivity contribution is 7.90. The molecule has 3 fully saturated rings. The third-order valence-electron chi connectivity index (χ3n) is 9.52. The van der Waals surface area contributed by atoms with E-state index in [0.29, 0.717) is 31.2 Å². The van der Waals surface area contributed by atoms with Crippen LogP contribution in [0.1, 0.15) is 91.4 Å². The maximum Gasteiger partial charge on any atom is 0.307 e. The number of ether oxygens (including phenoxy) is 1. The summed E-state index contributed by atoms with van der Waals surface area (Å²) in [5.74, 6) is -3.29. The average molecular weight is 738 g/mol. The van der Waals surface area contributed by atoms with E-state index >= 15 is 0 Å². The summed E-state index contributed by atoms with van der Waals surface area (Å²) in [5.41, 5.74) is -1.34. The summed E-state index contributed by atoms with van der Waals surface area (Å²) in [7, 11) is -3.78. The Hall–Kier alpha value is -3.36. The quantitative estimate of drug-likeness (QED) is 0.314. The Kier molecular flexibility index (Phi) is 11.4. The smallest absolute Gasteiger partial charge is 0.307 e. The molecule has 2 aromatic rings. The van der Waals surface area contributed by atoms with E-state index in [0.717, 1.165) is 25.7 Å². The number of carbonyl (C=O) groups is 4. The number of fused-ring (bicyclic) bond motifs is 3. The van der Waals surface area contributed by atoms with Gasteiger partial charge in [-0.3, -0.25) is 23.9 Å². The van der Waals surface area contributed by atoms with Gasteiger partial charge in [0.25, 0.3) is 5.35 Å². The number of hydrogen-bond acceptors (Lipinski definition) is 10. The van der Waals surface area contributed by atoms with Crippen LogP contribution in [-0.4, -0.2) is 76.5 Å². The zero-order chi connectivity index (χ0) is 36.4. The predicted octanol–water partition coefficient (Wildman–Crippen LogP) is 5.01. The number of sulfonamides is 1. The predicted molar refractivity (Wildman–Crippen MR) is 182 cm³/mol. The molecule has 1 aromatic carbocycles. The fourth-order valence-corrected chi connectivity index (χ4v) is 8.28. The largest absolute Gasteiger partial charge is 0.460 e. The fraction of sp³-hybridized carbons (Fsp3) is 0.629. The number of Topliss-reactive ketones (excluding diaryl/α,β-unsaturated/α-hetero) is 1. The van der Waals surface area contributed by atoms with Crippen molar-refractivity contribution in [2.75, 3.05) is 6.54 Å². The lowest BCUT2D eigenvalue weighted by atomic mass is 9.90. The van der Waals surface area contributed by atoms with Gasteiger partial charge in [-0.05, 0) is 88.9 Å². The van der Waals surface area contributed by atoms with Gasteiger partial charge in [0.15, 0.2) is 17.2 Å². The van der Waals surface area contributed by atoms with Crippen LogP contribution < -0.4 is 4.72 Å². The van der Waals surface area contributed by atoms with E-state index in [1.54, 1.807) is 32.9 Å². The van der Waals surface area contributed by atoms with Crippen molar-refractivity contribution in [3.63, 3.8) is 0 Å². The van der Waals surface area contributed by atoms with Gasteiger partial charge in [-0.25, -0.2) is 12.8 Å². The lowest BCUT2D eigenvalue weighted by molar-refractivity contribution is -0.159. The van der Waals surface area contributed by atoms with Gasteiger partial charge < -0.3 is 19.2 Å². The molecule has 274 valence electrons. The van der Waals surface area contributed by atoms with Crippen LogP contribution in [0, 0.1) is 23.1 Å². The van der Waals surface area contributed by atoms with E-state index in [2.05, 4.69) is 9.71 Å². The number of halogens is 2. The van der Waals surface area contributed by atoms with Crippen molar-refractivity contribution in [2.24, 2.45) is 17.3 Å². The Morgan fingerprint density at radius 3 is 2.60 bits per heavy atom. The normalized spacial score (nSPS) is 28.3. The first kappa shape index (κ1) is 37.9. The maximum atomic E-state index is 13.7. The number of para-hydroxylation sites is 1. The van der Waals surface area contributed by atoms with E-state index < -0.39 is 62.0 Å². The number of carbonyl (C=O) groups excluding carboxylic acids is 4. The third-order valence-corrected chi connectivity index (χ3v) is 11.5. The Morgan fingerprint density at radius 1 is 1.18 bits per heavy atom. The Bertz CT molecular complexity index is 1750. The Balaban J connectivity index is 0.000000371. The van der Waals surface area contributed by atoms with Crippen LogP contribution in [0.15, 0.2) is 34.8 Å². The molecule has 15 heteroatoms. The van der Waals surface area contributed by atoms with Crippen LogP contribution >= 0.6 is 11.6 Å². The van der Waals surface area contributed by atoms with Crippen LogP contribution in [0.5, 0.6) is 0 Å². The summed E-state index contributed by atoms with van der Waals surface area (Å²) in [6, 6.07) is 3.54. The molecule has 0 bridgehead atoms. The standard InChI is InChI=1S/C28H42N2O8S.C7H3ClFNO/c1-27(2,3)38-24(33)13-18-9-7-5-4-6-8-10-19-15-28(19,26(35)29-39(36,37)21-11-12-21)16-23(32)22-14-20(31)17-30(22)25(18)34;8-7-10-5-3-1-2-4(9)6(5)11-7/h8,10,18-22,31H,4-7,9,11-17H2,1-3H3,(H,29,35);1-3H/b10-8-;/t18-,19-,20-,22+,28-;/m1./s1. The molecule has 1 saturated heterocycles. The van der Waals surface area contributed by atoms with Crippen molar-refractivity contribution in [1.82, 2.24) is 14.6 Å². The molecule has 4 aliphatic rings. The highest BCUT2D eigenvalue weighted by Gasteiger charge is 2.61. The van der Waals surface area contributed by atoms with E-state index in [1.165, 1.54) is 11.0 Å². The molecular weight excluding hydrogens is 693 g/mol. The van der Waals surface area contributed by atoms with Crippen molar-refractivity contribution < 1.29 is 46.2 Å². The zero-order valence-electron chi connectivity index (χ0n) is 28.5. The van der Waals surface area contributed by atoms with Gasteiger partial charge in [-0.2, -0.15) is 4.98 Å². The summed E-state index contributed by atoms with van der Waals surface area (Å²) in [6.07, 6.45) is 7.71. The van der Waals surface area contributed by atoms with Gasteiger partial charge in [0.05, 0.1) is 29.2 Å². The Morgan fingerprint density at radius 2 is 1.92 bits per heavy atom. The highest BCUT2D eigenvalue weighted by atomic mass is 35.5. The summed E-state index contributed by atoms with van der Waals surface area (Å²) < 4.78 is 50.3. The van der Waals surface area contributed by atoms with E-state index in [1.807, 2.05) is 12.2 Å². The third kappa shape index (κ3) is 9.29. The molecule has 0 radical (unpaired) electrons. The molecule has 2 saturated carbocycles. The van der Waals surface area contributed by atoms with E-state index in [9.17, 15) is 37.1 Å². The van der Waals surface area contributed by atoms with Gasteiger partial charge in [0, 0.05) is 25.3 Å². The van der Waals surface area contributed by atoms with Crippen molar-refractivity contribution in [3.05, 3.63) is 41.5 Å². The molecular formula is C35H45ClFN3O9S. The number of benzene rings is 1. The van der Waals surface area contributed by atoms with Gasteiger partial charge in [0.2, 0.25) is 21.8 Å². The second-order valence-corrected chi connectivity index (χ2v) is 17.1. The minimum Gasteiger partial charge on any atom is -0.460 e. The number of aliphatic hydroxyl groups is 1. The number of esters is 1. The van der Waals surface area contributed by atoms with Crippen molar-refractivity contribution in [3.8, 4) is 0 Å². The first-order valence-electron chi connectivity index (χ1n) is 17.2. The molecule has 2 amide bonds. The zero-order valence-corrected chi connectivity index (χ0v) is 30.1. The average Bonchev–Trinajstić information content (AvgIpc) is 3.91. The van der Waals surface area contributed by atoms with Crippen LogP contribution in [0.3, 0.4) is 0 Å². The molecule has 2 N–H and O–H groups in total. The lowest BCUT2D eigenvalue weighted by Crippen LogP contribution is -2.46. The number of amides is 2. The molecule has 2 aliphatic carbocycles. The second-order valence-electron chi connectivity index (χ2n) is 14.8. The number of allylic oxidation sites excluding steroid dienone is 2. The minimum absolute atomic E-state index is 0.0291. The van der Waals surface area contributed by atoms with Crippen molar-refractivity contribution in [1.29, 1.82) is 0 Å². The number of hydrogen-bond donors (Lipinski definition) is 2. The van der Waals surface area contributed by atoms with Crippen LogP contribution in [0.4, 0.5) is 4.39 Å². The van der Waals surface area contributed by atoms with Crippen molar-refractivity contribution in [2.45, 2.75) is 114 Å². The minimum atomic E-state index is -3.78. The first-order valence-corrected chi connectivity index (χ1v) is 19.1. The molecule has 0 spiro atoms. The monoisotopic (exact) mass is 737 g/mol. The summed E-state index contributed by atoms with van der Waals surface area (Å²) in [5, 5.41) is 9.84. The van der Waals surface area contributed by atoms with E-state index in [-0.39, 0.29) is 54.3 Å². The molecule has 2 aliphatic heterocycles. The molecule has 6 rings (SSSR count). The van der Waals surface area contributed by atoms with Gasteiger partial charge in [-0.15, -0.1) is 0 Å². The van der Waals surface area contributed by atoms with Crippen LogP contribution in [-0.2, 0) is 33.9 Å². The van der Waals surface area contributed by atoms with Gasteiger partial charge in [0.1, 0.15) is 11.1 Å². The van der Waals surface area contributed by atoms with E-state index in [4.69, 9.17) is 20.8 Å². The van der Waals surface area contributed by atoms with Crippen LogP contribution in [0.25, 0.3) is 11.1 Å². The van der Waals surface area contributed by atoms with Crippen molar-refractivity contribution >= 4 is 56.3 Å². The molecule has 1 aromatic heterocycles. The first-order chi connectivity index (χ1) is 23.5. The topological polar surface area (TPSA) is 173 Å². The fourth-order valence-electron chi connectivity index (χ4n) is 6.72. The molecule has 0 unspecified atom stereocenters. The summed E-state index contributed by atoms with van der Waals surface area (Å²) in [6.45, 7) is 5.25. The SMILES string of the molecule is CC(C)(C)OC(=O)C[C@H]1CCCCC/C=C\[C@@H]2C[C@@]2(C(=O)NS(=O)(=O)C2CC2)CC(=O)[C@@H]2C[C@@H](O)CN2C1=O.Fc1cccc2nc(Cl)oc12. The number of aliphatic hydroxyl groups excluding tert-OH is 1. The molecule has 5 atom stereocenters. The van der Waals surface area contributed by atoms with Gasteiger partial charge >= 0.3 is 5.97 Å². The number of oxazole rings is 1. The molecule has 3 heterocycles. The molecule has 12 nitrogen and oxygen atoms in total. The number of nitrogens with zero attached hydrogens (tertiary/aromatic N) is 2. The lowest BCUT2D eigenvalue weighted by Gasteiger charge is -2.29. The van der Waals surface area contributed by atoms with Crippen LogP contribution in [0.2, 0.25) is 5.35 Å². The number of ketones is 1. The molecule has 50 heavy (non-hydrogen) atoms. The van der Waals surface area contributed by atoms with Gasteiger partial charge in [-0.1, -0.05) is 31.1 Å².